The highest BCUT2D eigenvalue weighted by Gasteiger charge is 2.12. The van der Waals surface area contributed by atoms with Gasteiger partial charge in [-0.15, -0.1) is 11.3 Å². The summed E-state index contributed by atoms with van der Waals surface area (Å²) >= 11 is 7.46. The number of fused-ring (bicyclic) bond motifs is 2. The van der Waals surface area contributed by atoms with Crippen LogP contribution in [0.1, 0.15) is 5.56 Å². The van der Waals surface area contributed by atoms with Gasteiger partial charge in [0.05, 0.1) is 11.2 Å². The molecule has 4 nitrogen and oxygen atoms in total. The van der Waals surface area contributed by atoms with E-state index in [1.54, 1.807) is 10.9 Å². The van der Waals surface area contributed by atoms with Gasteiger partial charge in [-0.25, -0.2) is 4.98 Å². The lowest BCUT2D eigenvalue weighted by molar-refractivity contribution is 0.403. The molecule has 0 atom stereocenters. The van der Waals surface area contributed by atoms with Crippen molar-refractivity contribution >= 4 is 43.9 Å². The fourth-order valence-corrected chi connectivity index (χ4v) is 4.92. The molecule has 0 saturated heterocycles. The van der Waals surface area contributed by atoms with E-state index in [-0.39, 0.29) is 5.56 Å². The van der Waals surface area contributed by atoms with Crippen molar-refractivity contribution < 1.29 is 0 Å². The Bertz CT molecular complexity index is 1470. The molecule has 0 amide bonds. The maximum absolute atomic E-state index is 13.2. The van der Waals surface area contributed by atoms with Crippen molar-refractivity contribution in [2.75, 3.05) is 14.1 Å². The third-order valence-electron chi connectivity index (χ3n) is 5.23. The van der Waals surface area contributed by atoms with Crippen LogP contribution in [0, 0.1) is 0 Å². The second kappa shape index (κ2) is 7.93. The largest absolute Gasteiger partial charge is 0.305 e. The van der Waals surface area contributed by atoms with E-state index in [4.69, 9.17) is 11.6 Å². The predicted molar refractivity (Wildman–Crippen MR) is 131 cm³/mol. The van der Waals surface area contributed by atoms with Crippen LogP contribution in [0.4, 0.5) is 0 Å². The van der Waals surface area contributed by atoms with E-state index in [1.807, 2.05) is 42.5 Å². The molecule has 5 rings (SSSR count). The minimum Gasteiger partial charge on any atom is -0.305 e. The van der Waals surface area contributed by atoms with Gasteiger partial charge in [0.2, 0.25) is 0 Å². The van der Waals surface area contributed by atoms with Crippen LogP contribution < -0.4 is 5.56 Å². The molecule has 0 aliphatic heterocycles. The van der Waals surface area contributed by atoms with Crippen molar-refractivity contribution in [3.63, 3.8) is 0 Å². The summed E-state index contributed by atoms with van der Waals surface area (Å²) in [6, 6.07) is 22.1. The number of aromatic nitrogens is 2. The molecule has 0 aliphatic rings. The Morgan fingerprint density at radius 3 is 2.48 bits per heavy atom. The number of thiophene rings is 1. The first-order valence-corrected chi connectivity index (χ1v) is 11.1. The number of halogens is 1. The van der Waals surface area contributed by atoms with Gasteiger partial charge in [-0.1, -0.05) is 41.9 Å². The van der Waals surface area contributed by atoms with Crippen molar-refractivity contribution in [3.8, 4) is 16.1 Å². The third-order valence-corrected chi connectivity index (χ3v) is 6.65. The van der Waals surface area contributed by atoms with Gasteiger partial charge < -0.3 is 4.90 Å². The zero-order valence-electron chi connectivity index (χ0n) is 17.2. The molecule has 0 radical (unpaired) electrons. The Balaban J connectivity index is 1.56. The quantitative estimate of drug-likeness (QED) is 0.341. The fourth-order valence-electron chi connectivity index (χ4n) is 3.75. The van der Waals surface area contributed by atoms with E-state index in [1.165, 1.54) is 16.9 Å². The molecule has 31 heavy (non-hydrogen) atoms. The maximum atomic E-state index is 13.2. The zero-order valence-corrected chi connectivity index (χ0v) is 18.7. The minimum atomic E-state index is -0.0567. The van der Waals surface area contributed by atoms with Crippen LogP contribution in [0.25, 0.3) is 37.1 Å². The normalized spacial score (nSPS) is 11.6. The topological polar surface area (TPSA) is 38.1 Å². The number of rotatable bonds is 4. The second-order valence-corrected chi connectivity index (χ2v) is 9.34. The van der Waals surface area contributed by atoms with Gasteiger partial charge >= 0.3 is 0 Å². The van der Waals surface area contributed by atoms with Gasteiger partial charge in [0.1, 0.15) is 11.0 Å². The Kier molecular flexibility index (Phi) is 5.10. The van der Waals surface area contributed by atoms with Gasteiger partial charge in [-0.3, -0.25) is 9.36 Å². The summed E-state index contributed by atoms with van der Waals surface area (Å²) in [5.41, 5.74) is 3.76. The van der Waals surface area contributed by atoms with Crippen LogP contribution in [-0.4, -0.2) is 28.5 Å². The van der Waals surface area contributed by atoms with E-state index in [2.05, 4.69) is 48.2 Å². The molecule has 2 aromatic heterocycles. The molecule has 3 aromatic carbocycles. The molecule has 6 heteroatoms. The zero-order chi connectivity index (χ0) is 21.5. The standard InChI is InChI=1S/C25H20ClN3OS/c1-28(2)14-16-3-4-19-12-21(10-7-18(19)11-16)29-15-27-22-13-23(31-24(22)25(29)30)17-5-8-20(26)9-6-17/h3-13,15H,14H2,1-2H3. The SMILES string of the molecule is CN(C)Cc1ccc2cc(-n3cnc4cc(-c5ccc(Cl)cc5)sc4c3=O)ccc2c1. The highest BCUT2D eigenvalue weighted by molar-refractivity contribution is 7.22. The van der Waals surface area contributed by atoms with Gasteiger partial charge in [0, 0.05) is 16.4 Å². The number of hydrogen-bond donors (Lipinski definition) is 0. The second-order valence-electron chi connectivity index (χ2n) is 7.86. The highest BCUT2D eigenvalue weighted by atomic mass is 35.5. The van der Waals surface area contributed by atoms with Crippen LogP contribution >= 0.6 is 22.9 Å². The molecule has 0 N–H and O–H groups in total. The minimum absolute atomic E-state index is 0.0567. The Labute approximate surface area is 189 Å². The van der Waals surface area contributed by atoms with Gasteiger partial charge in [-0.05, 0) is 72.4 Å². The Hall–Kier alpha value is -2.99. The van der Waals surface area contributed by atoms with E-state index in [0.717, 1.165) is 33.4 Å². The molecular weight excluding hydrogens is 426 g/mol. The van der Waals surface area contributed by atoms with Crippen LogP contribution in [0.2, 0.25) is 5.02 Å². The first-order chi connectivity index (χ1) is 15.0. The Morgan fingerprint density at radius 1 is 0.968 bits per heavy atom. The van der Waals surface area contributed by atoms with Crippen molar-refractivity contribution in [1.29, 1.82) is 0 Å². The average molecular weight is 446 g/mol. The van der Waals surface area contributed by atoms with Crippen LogP contribution in [0.15, 0.2) is 77.9 Å². The molecule has 5 aromatic rings. The van der Waals surface area contributed by atoms with Crippen molar-refractivity contribution in [2.24, 2.45) is 0 Å². The van der Waals surface area contributed by atoms with Crippen LogP contribution in [-0.2, 0) is 6.54 Å². The maximum Gasteiger partial charge on any atom is 0.275 e. The monoisotopic (exact) mass is 445 g/mol. The molecule has 0 saturated carbocycles. The first-order valence-electron chi connectivity index (χ1n) is 9.93. The molecule has 0 spiro atoms. The lowest BCUT2D eigenvalue weighted by Gasteiger charge is -2.11. The van der Waals surface area contributed by atoms with Gasteiger partial charge in [-0.2, -0.15) is 0 Å². The predicted octanol–water partition coefficient (Wildman–Crippen LogP) is 5.98. The summed E-state index contributed by atoms with van der Waals surface area (Å²) in [6.45, 7) is 0.895. The number of benzene rings is 3. The molecule has 2 heterocycles. The van der Waals surface area contributed by atoms with Gasteiger partial charge in [0.25, 0.3) is 5.56 Å². The number of nitrogens with zero attached hydrogens (tertiary/aromatic N) is 3. The fraction of sp³-hybridized carbons (Fsp3) is 0.120. The smallest absolute Gasteiger partial charge is 0.275 e. The molecule has 0 bridgehead atoms. The van der Waals surface area contributed by atoms with E-state index < -0.39 is 0 Å². The third kappa shape index (κ3) is 3.88. The van der Waals surface area contributed by atoms with Gasteiger partial charge in [0.15, 0.2) is 0 Å². The van der Waals surface area contributed by atoms with E-state index in [9.17, 15) is 4.79 Å². The van der Waals surface area contributed by atoms with Crippen molar-refractivity contribution in [3.05, 3.63) is 94.0 Å². The van der Waals surface area contributed by atoms with Crippen molar-refractivity contribution in [2.45, 2.75) is 6.54 Å². The summed E-state index contributed by atoms with van der Waals surface area (Å²) in [5, 5.41) is 2.95. The first kappa shape index (κ1) is 19.9. The highest BCUT2D eigenvalue weighted by Crippen LogP contribution is 2.31. The Morgan fingerprint density at radius 2 is 1.71 bits per heavy atom. The molecular formula is C25H20ClN3OS. The summed E-state index contributed by atoms with van der Waals surface area (Å²) in [5.74, 6) is 0. The summed E-state index contributed by atoms with van der Waals surface area (Å²) in [6.07, 6.45) is 1.62. The molecule has 0 unspecified atom stereocenters. The van der Waals surface area contributed by atoms with Crippen LogP contribution in [0.5, 0.6) is 0 Å². The molecule has 0 fully saturated rings. The summed E-state index contributed by atoms with van der Waals surface area (Å²) in [7, 11) is 4.12. The lowest BCUT2D eigenvalue weighted by atomic mass is 10.1. The molecule has 0 aliphatic carbocycles. The van der Waals surface area contributed by atoms with Crippen LogP contribution in [0.3, 0.4) is 0 Å². The number of hydrogen-bond acceptors (Lipinski definition) is 4. The lowest BCUT2D eigenvalue weighted by Crippen LogP contribution is -2.17. The average Bonchev–Trinajstić information content (AvgIpc) is 3.19. The van der Waals surface area contributed by atoms with E-state index >= 15 is 0 Å². The summed E-state index contributed by atoms with van der Waals surface area (Å²) in [4.78, 5) is 20.9. The summed E-state index contributed by atoms with van der Waals surface area (Å²) < 4.78 is 2.27. The van der Waals surface area contributed by atoms with E-state index in [0.29, 0.717) is 15.2 Å². The molecule has 154 valence electrons. The van der Waals surface area contributed by atoms with Crippen molar-refractivity contribution in [1.82, 2.24) is 14.5 Å².